The molecular weight excluding hydrogens is 534 g/mol. The number of fused-ring (bicyclic) bond motifs is 1. The lowest BCUT2D eigenvalue weighted by molar-refractivity contribution is -0.138. The Morgan fingerprint density at radius 2 is 1.77 bits per heavy atom. The van der Waals surface area contributed by atoms with Gasteiger partial charge in [-0.15, -0.1) is 0 Å². The first-order valence-electron chi connectivity index (χ1n) is 12.3. The Morgan fingerprint density at radius 3 is 2.38 bits per heavy atom. The van der Waals surface area contributed by atoms with Gasteiger partial charge in [-0.2, -0.15) is 0 Å². The van der Waals surface area contributed by atoms with E-state index in [9.17, 15) is 23.4 Å². The fourth-order valence-electron chi connectivity index (χ4n) is 4.27. The van der Waals surface area contributed by atoms with Crippen molar-refractivity contribution in [3.63, 3.8) is 0 Å². The fraction of sp³-hybridized carbons (Fsp3) is 0.250. The van der Waals surface area contributed by atoms with Crippen LogP contribution in [-0.4, -0.2) is 53.1 Å². The number of sulfonamides is 1. The number of aromatic hydroxyl groups is 1. The number of carbonyl (C=O) groups is 1. The number of benzene rings is 3. The van der Waals surface area contributed by atoms with Crippen LogP contribution in [0.3, 0.4) is 0 Å². The number of carboxylic acids is 1. The molecule has 210 valence electrons. The number of hydrogen-bond donors (Lipinski definition) is 6. The number of nitrogens with zero attached hydrogens (tertiary/aromatic N) is 1. The SMILES string of the molecule is COc1ccc(S(=O)(=O)NC(C)(C)C)cc1-c1cc(C(C)C(=O)O)cc(-c2nc3ccc(C(=N)N)cc3[nH]2)c1O. The van der Waals surface area contributed by atoms with Crippen LogP contribution < -0.4 is 15.2 Å². The molecule has 1 heterocycles. The van der Waals surface area contributed by atoms with Crippen molar-refractivity contribution in [2.45, 2.75) is 44.0 Å². The number of nitrogen functional groups attached to an aromatic ring is 1. The molecule has 0 aliphatic carbocycles. The van der Waals surface area contributed by atoms with Gasteiger partial charge in [0.2, 0.25) is 10.0 Å². The van der Waals surface area contributed by atoms with Gasteiger partial charge in [0.15, 0.2) is 0 Å². The molecule has 40 heavy (non-hydrogen) atoms. The standard InChI is InChI=1S/C28H31N5O6S/c1-14(27(35)36)16-10-19(18-13-17(7-9-23(18)39-5)40(37,38)33-28(2,3)4)24(34)20(11-16)26-31-21-8-6-15(25(29)30)12-22(21)32-26/h6-14,33-34H,1-5H3,(H3,29,30)(H,31,32)(H,35,36). The van der Waals surface area contributed by atoms with E-state index < -0.39 is 27.4 Å². The smallest absolute Gasteiger partial charge is 0.310 e. The van der Waals surface area contributed by atoms with Gasteiger partial charge in [0.25, 0.3) is 0 Å². The molecule has 1 unspecified atom stereocenters. The van der Waals surface area contributed by atoms with Gasteiger partial charge in [-0.05, 0) is 81.8 Å². The highest BCUT2D eigenvalue weighted by Crippen LogP contribution is 2.44. The highest BCUT2D eigenvalue weighted by Gasteiger charge is 2.26. The van der Waals surface area contributed by atoms with Crippen LogP contribution in [0.15, 0.2) is 53.4 Å². The van der Waals surface area contributed by atoms with Crippen LogP contribution >= 0.6 is 0 Å². The molecule has 3 aromatic carbocycles. The van der Waals surface area contributed by atoms with Gasteiger partial charge in [-0.25, -0.2) is 18.1 Å². The van der Waals surface area contributed by atoms with E-state index in [0.29, 0.717) is 22.2 Å². The van der Waals surface area contributed by atoms with Crippen LogP contribution in [0.2, 0.25) is 0 Å². The fourth-order valence-corrected chi connectivity index (χ4v) is 5.71. The Morgan fingerprint density at radius 1 is 1.10 bits per heavy atom. The highest BCUT2D eigenvalue weighted by atomic mass is 32.2. The van der Waals surface area contributed by atoms with E-state index in [2.05, 4.69) is 14.7 Å². The molecule has 0 radical (unpaired) electrons. The molecule has 0 aliphatic rings. The van der Waals surface area contributed by atoms with Crippen LogP contribution in [0.25, 0.3) is 33.5 Å². The van der Waals surface area contributed by atoms with Crippen molar-refractivity contribution in [2.24, 2.45) is 5.73 Å². The second-order valence-corrected chi connectivity index (χ2v) is 12.2. The monoisotopic (exact) mass is 565 g/mol. The topological polar surface area (TPSA) is 191 Å². The Balaban J connectivity index is 1.99. The van der Waals surface area contributed by atoms with E-state index in [4.69, 9.17) is 15.9 Å². The number of aliphatic carboxylic acids is 1. The van der Waals surface area contributed by atoms with Gasteiger partial charge in [0.05, 0.1) is 34.5 Å². The number of imidazole rings is 1. The van der Waals surface area contributed by atoms with Gasteiger partial charge < -0.3 is 25.7 Å². The molecule has 0 amide bonds. The Hall–Kier alpha value is -4.42. The summed E-state index contributed by atoms with van der Waals surface area (Å²) in [6, 6.07) is 12.2. The zero-order chi connectivity index (χ0) is 29.6. The molecule has 1 atom stereocenters. The number of amidine groups is 1. The second-order valence-electron chi connectivity index (χ2n) is 10.5. The minimum absolute atomic E-state index is 0.0589. The molecule has 1 aromatic heterocycles. The summed E-state index contributed by atoms with van der Waals surface area (Å²) in [4.78, 5) is 19.5. The number of rotatable bonds is 8. The Kier molecular flexibility index (Phi) is 7.35. The van der Waals surface area contributed by atoms with E-state index in [1.54, 1.807) is 39.0 Å². The van der Waals surface area contributed by atoms with E-state index in [1.807, 2.05) is 0 Å². The summed E-state index contributed by atoms with van der Waals surface area (Å²) < 4.78 is 34.3. The zero-order valence-electron chi connectivity index (χ0n) is 22.7. The maximum Gasteiger partial charge on any atom is 0.310 e. The number of hydrogen-bond acceptors (Lipinski definition) is 7. The number of phenols is 1. The van der Waals surface area contributed by atoms with Crippen molar-refractivity contribution < 1.29 is 28.2 Å². The van der Waals surface area contributed by atoms with Crippen molar-refractivity contribution in [2.75, 3.05) is 7.11 Å². The third-order valence-electron chi connectivity index (χ3n) is 6.26. The van der Waals surface area contributed by atoms with Gasteiger partial charge >= 0.3 is 5.97 Å². The largest absolute Gasteiger partial charge is 0.507 e. The van der Waals surface area contributed by atoms with Crippen molar-refractivity contribution >= 4 is 32.9 Å². The minimum atomic E-state index is -3.94. The number of ether oxygens (including phenoxy) is 1. The van der Waals surface area contributed by atoms with Crippen molar-refractivity contribution in [1.82, 2.24) is 14.7 Å². The van der Waals surface area contributed by atoms with E-state index in [0.717, 1.165) is 0 Å². The lowest BCUT2D eigenvalue weighted by Crippen LogP contribution is -2.40. The van der Waals surface area contributed by atoms with Gasteiger partial charge in [-0.1, -0.05) is 0 Å². The lowest BCUT2D eigenvalue weighted by Gasteiger charge is -2.21. The van der Waals surface area contributed by atoms with Crippen molar-refractivity contribution in [3.05, 3.63) is 59.7 Å². The number of carboxylic acid groups (broad SMARTS) is 1. The molecule has 0 bridgehead atoms. The minimum Gasteiger partial charge on any atom is -0.507 e. The first-order valence-corrected chi connectivity index (χ1v) is 13.8. The van der Waals surface area contributed by atoms with E-state index in [1.165, 1.54) is 44.4 Å². The molecule has 0 fully saturated rings. The zero-order valence-corrected chi connectivity index (χ0v) is 23.5. The van der Waals surface area contributed by atoms with Crippen LogP contribution in [0, 0.1) is 5.41 Å². The molecule has 7 N–H and O–H groups in total. The maximum atomic E-state index is 13.1. The molecule has 11 nitrogen and oxygen atoms in total. The second kappa shape index (κ2) is 10.3. The van der Waals surface area contributed by atoms with Crippen LogP contribution in [0.5, 0.6) is 11.5 Å². The number of aromatic nitrogens is 2. The van der Waals surface area contributed by atoms with E-state index in [-0.39, 0.29) is 44.7 Å². The predicted octanol–water partition coefficient (Wildman–Crippen LogP) is 4.16. The predicted molar refractivity (Wildman–Crippen MR) is 152 cm³/mol. The molecule has 0 spiro atoms. The molecule has 0 saturated heterocycles. The lowest BCUT2D eigenvalue weighted by atomic mass is 9.92. The van der Waals surface area contributed by atoms with Crippen LogP contribution in [0.4, 0.5) is 0 Å². The third-order valence-corrected chi connectivity index (χ3v) is 8.02. The average Bonchev–Trinajstić information content (AvgIpc) is 3.29. The molecular formula is C28H31N5O6S. The molecule has 0 saturated carbocycles. The first kappa shape index (κ1) is 28.6. The van der Waals surface area contributed by atoms with Gasteiger partial charge in [0.1, 0.15) is 23.2 Å². The van der Waals surface area contributed by atoms with Crippen LogP contribution in [-0.2, 0) is 14.8 Å². The number of nitrogens with one attached hydrogen (secondary N) is 3. The molecule has 12 heteroatoms. The quantitative estimate of drug-likeness (QED) is 0.135. The Bertz CT molecular complexity index is 1760. The summed E-state index contributed by atoms with van der Waals surface area (Å²) in [5.41, 5.74) is 7.40. The number of phenolic OH excluding ortho intramolecular Hbond substituents is 1. The number of aromatic amines is 1. The summed E-state index contributed by atoms with van der Waals surface area (Å²) in [5.74, 6) is -1.92. The number of H-pyrrole nitrogens is 1. The Labute approximate surface area is 231 Å². The van der Waals surface area contributed by atoms with Crippen molar-refractivity contribution in [1.29, 1.82) is 5.41 Å². The summed E-state index contributed by atoms with van der Waals surface area (Å²) in [7, 11) is -2.53. The summed E-state index contributed by atoms with van der Waals surface area (Å²) in [6.45, 7) is 6.66. The maximum absolute atomic E-state index is 13.1. The summed E-state index contributed by atoms with van der Waals surface area (Å²) >= 11 is 0. The average molecular weight is 566 g/mol. The molecule has 4 rings (SSSR count). The number of nitrogens with two attached hydrogens (primary N) is 1. The van der Waals surface area contributed by atoms with Crippen molar-refractivity contribution in [3.8, 4) is 34.0 Å². The normalized spacial score (nSPS) is 12.8. The first-order chi connectivity index (χ1) is 18.6. The summed E-state index contributed by atoms with van der Waals surface area (Å²) in [6.07, 6.45) is 0. The summed E-state index contributed by atoms with van der Waals surface area (Å²) in [5, 5.41) is 29.0. The van der Waals surface area contributed by atoms with E-state index >= 15 is 0 Å². The molecule has 0 aliphatic heterocycles. The number of methoxy groups -OCH3 is 1. The van der Waals surface area contributed by atoms with Gasteiger partial charge in [-0.3, -0.25) is 10.2 Å². The molecule has 4 aromatic rings. The third kappa shape index (κ3) is 5.63. The van der Waals surface area contributed by atoms with Gasteiger partial charge in [0, 0.05) is 22.2 Å². The van der Waals surface area contributed by atoms with Crippen LogP contribution in [0.1, 0.15) is 44.7 Å². The highest BCUT2D eigenvalue weighted by molar-refractivity contribution is 7.89.